The Morgan fingerprint density at radius 3 is 2.00 bits per heavy atom. The van der Waals surface area contributed by atoms with E-state index < -0.39 is 37.2 Å². The lowest BCUT2D eigenvalue weighted by molar-refractivity contribution is -0.125. The van der Waals surface area contributed by atoms with Crippen molar-refractivity contribution < 1.29 is 37.4 Å². The Bertz CT molecular complexity index is 849. The number of ether oxygens (including phenoxy) is 1. The molecule has 0 saturated carbocycles. The molecular formula is C18H15F3N2O5. The second-order valence-electron chi connectivity index (χ2n) is 5.55. The fraction of sp³-hybridized carbons (Fsp3) is 0.167. The SMILES string of the molecule is O=C(COC(=O)c1ccc(-c2ccc(O)cc2)cc1)NC(=O)NCC(F)(F)F. The van der Waals surface area contributed by atoms with E-state index in [1.807, 2.05) is 0 Å². The molecule has 3 amide bonds. The Morgan fingerprint density at radius 2 is 1.46 bits per heavy atom. The molecule has 28 heavy (non-hydrogen) atoms. The van der Waals surface area contributed by atoms with E-state index in [4.69, 9.17) is 4.74 Å². The average Bonchev–Trinajstić information content (AvgIpc) is 2.65. The van der Waals surface area contributed by atoms with Crippen LogP contribution in [0.3, 0.4) is 0 Å². The molecule has 0 saturated heterocycles. The maximum Gasteiger partial charge on any atom is 0.405 e. The molecule has 0 bridgehead atoms. The molecule has 0 fully saturated rings. The fourth-order valence-electron chi connectivity index (χ4n) is 2.05. The minimum atomic E-state index is -4.61. The number of urea groups is 1. The van der Waals surface area contributed by atoms with Gasteiger partial charge in [-0.3, -0.25) is 10.1 Å². The zero-order valence-electron chi connectivity index (χ0n) is 14.2. The molecular weight excluding hydrogens is 381 g/mol. The van der Waals surface area contributed by atoms with Crippen LogP contribution in [0, 0.1) is 0 Å². The van der Waals surface area contributed by atoms with Crippen molar-refractivity contribution in [1.29, 1.82) is 0 Å². The van der Waals surface area contributed by atoms with Gasteiger partial charge in [0.05, 0.1) is 5.56 Å². The van der Waals surface area contributed by atoms with Gasteiger partial charge in [0.2, 0.25) is 0 Å². The molecule has 0 atom stereocenters. The van der Waals surface area contributed by atoms with E-state index in [0.717, 1.165) is 11.1 Å². The highest BCUT2D eigenvalue weighted by Gasteiger charge is 2.28. The standard InChI is InChI=1S/C18H15F3N2O5/c19-18(20,21)10-22-17(27)23-15(25)9-28-16(26)13-3-1-11(2-4-13)12-5-7-14(24)8-6-12/h1-8,24H,9-10H2,(H2,22,23,25,27). The van der Waals surface area contributed by atoms with Crippen LogP contribution in [0.5, 0.6) is 5.75 Å². The van der Waals surface area contributed by atoms with E-state index in [2.05, 4.69) is 0 Å². The van der Waals surface area contributed by atoms with Crippen molar-refractivity contribution >= 4 is 17.9 Å². The van der Waals surface area contributed by atoms with Crippen LogP contribution >= 0.6 is 0 Å². The van der Waals surface area contributed by atoms with E-state index in [0.29, 0.717) is 0 Å². The first-order chi connectivity index (χ1) is 13.1. The third-order valence-electron chi connectivity index (χ3n) is 3.36. The van der Waals surface area contributed by atoms with Gasteiger partial charge in [0.15, 0.2) is 6.61 Å². The molecule has 0 aliphatic rings. The summed E-state index contributed by atoms with van der Waals surface area (Å²) in [6.07, 6.45) is -4.61. The number of carbonyl (C=O) groups is 3. The number of esters is 1. The number of imide groups is 1. The second kappa shape index (κ2) is 8.89. The molecule has 2 rings (SSSR count). The first kappa shape index (κ1) is 20.7. The molecule has 0 heterocycles. The van der Waals surface area contributed by atoms with Gasteiger partial charge < -0.3 is 15.2 Å². The van der Waals surface area contributed by atoms with E-state index in [9.17, 15) is 32.7 Å². The van der Waals surface area contributed by atoms with Gasteiger partial charge in [0.25, 0.3) is 5.91 Å². The molecule has 0 spiro atoms. The van der Waals surface area contributed by atoms with Gasteiger partial charge >= 0.3 is 18.2 Å². The van der Waals surface area contributed by atoms with Crippen molar-refractivity contribution in [2.75, 3.05) is 13.2 Å². The quantitative estimate of drug-likeness (QED) is 0.674. The first-order valence-corrected chi connectivity index (χ1v) is 7.85. The predicted octanol–water partition coefficient (Wildman–Crippen LogP) is 2.60. The molecule has 0 aliphatic heterocycles. The first-order valence-electron chi connectivity index (χ1n) is 7.85. The fourth-order valence-corrected chi connectivity index (χ4v) is 2.05. The predicted molar refractivity (Wildman–Crippen MR) is 91.4 cm³/mol. The molecule has 2 aromatic carbocycles. The Labute approximate surface area is 157 Å². The van der Waals surface area contributed by atoms with Crippen molar-refractivity contribution in [3.05, 3.63) is 54.1 Å². The highest BCUT2D eigenvalue weighted by molar-refractivity contribution is 5.97. The van der Waals surface area contributed by atoms with Crippen LogP contribution in [0.15, 0.2) is 48.5 Å². The van der Waals surface area contributed by atoms with Crippen LogP contribution in [0.1, 0.15) is 10.4 Å². The van der Waals surface area contributed by atoms with Gasteiger partial charge in [-0.05, 0) is 35.4 Å². The van der Waals surface area contributed by atoms with Gasteiger partial charge in [-0.2, -0.15) is 13.2 Å². The maximum atomic E-state index is 11.9. The topological polar surface area (TPSA) is 105 Å². The van der Waals surface area contributed by atoms with Crippen LogP contribution < -0.4 is 10.6 Å². The number of rotatable bonds is 5. The molecule has 7 nitrogen and oxygen atoms in total. The average molecular weight is 396 g/mol. The third kappa shape index (κ3) is 6.63. The maximum absolute atomic E-state index is 11.9. The summed E-state index contributed by atoms with van der Waals surface area (Å²) in [6, 6.07) is 11.2. The number of hydrogen-bond donors (Lipinski definition) is 3. The summed E-state index contributed by atoms with van der Waals surface area (Å²) in [6.45, 7) is -2.43. The molecule has 2 aromatic rings. The second-order valence-corrected chi connectivity index (χ2v) is 5.55. The van der Waals surface area contributed by atoms with E-state index in [-0.39, 0.29) is 11.3 Å². The van der Waals surface area contributed by atoms with E-state index in [1.165, 1.54) is 29.6 Å². The summed E-state index contributed by atoms with van der Waals surface area (Å²) in [4.78, 5) is 34.4. The molecule has 3 N–H and O–H groups in total. The monoisotopic (exact) mass is 396 g/mol. The summed E-state index contributed by atoms with van der Waals surface area (Å²) in [5.41, 5.74) is 1.72. The Kier molecular flexibility index (Phi) is 6.59. The van der Waals surface area contributed by atoms with Crippen molar-refractivity contribution in [1.82, 2.24) is 10.6 Å². The summed E-state index contributed by atoms with van der Waals surface area (Å²) in [7, 11) is 0. The molecule has 0 aromatic heterocycles. The Hall–Kier alpha value is -3.56. The van der Waals surface area contributed by atoms with Crippen LogP contribution in [0.25, 0.3) is 11.1 Å². The smallest absolute Gasteiger partial charge is 0.405 e. The number of amides is 3. The lowest BCUT2D eigenvalue weighted by atomic mass is 10.0. The van der Waals surface area contributed by atoms with Crippen molar-refractivity contribution in [2.45, 2.75) is 6.18 Å². The summed E-state index contributed by atoms with van der Waals surface area (Å²) in [5, 5.41) is 12.3. The lowest BCUT2D eigenvalue weighted by Crippen LogP contribution is -2.44. The highest BCUT2D eigenvalue weighted by Crippen LogP contribution is 2.22. The molecule has 148 valence electrons. The Balaban J connectivity index is 1.83. The summed E-state index contributed by atoms with van der Waals surface area (Å²) in [5.74, 6) is -1.80. The molecule has 10 heteroatoms. The minimum absolute atomic E-state index is 0.120. The van der Waals surface area contributed by atoms with Gasteiger partial charge in [0.1, 0.15) is 12.3 Å². The molecule has 0 aliphatic carbocycles. The van der Waals surface area contributed by atoms with Crippen LogP contribution in [0.2, 0.25) is 0 Å². The summed E-state index contributed by atoms with van der Waals surface area (Å²) < 4.78 is 40.5. The lowest BCUT2D eigenvalue weighted by Gasteiger charge is -2.09. The number of carbonyl (C=O) groups excluding carboxylic acids is 3. The van der Waals surface area contributed by atoms with Gasteiger partial charge in [0, 0.05) is 0 Å². The van der Waals surface area contributed by atoms with Crippen molar-refractivity contribution in [2.24, 2.45) is 0 Å². The molecule has 0 unspecified atom stereocenters. The number of aromatic hydroxyl groups is 1. The van der Waals surface area contributed by atoms with Crippen molar-refractivity contribution in [3.63, 3.8) is 0 Å². The normalized spacial score (nSPS) is 10.8. The Morgan fingerprint density at radius 1 is 0.929 bits per heavy atom. The number of phenols is 1. The van der Waals surface area contributed by atoms with E-state index >= 15 is 0 Å². The number of phenolic OH excluding ortho intramolecular Hbond substituents is 1. The highest BCUT2D eigenvalue weighted by atomic mass is 19.4. The number of halogens is 3. The van der Waals surface area contributed by atoms with Gasteiger partial charge in [-0.1, -0.05) is 24.3 Å². The summed E-state index contributed by atoms with van der Waals surface area (Å²) >= 11 is 0. The zero-order chi connectivity index (χ0) is 20.7. The van der Waals surface area contributed by atoms with Gasteiger partial charge in [-0.15, -0.1) is 0 Å². The number of hydrogen-bond acceptors (Lipinski definition) is 5. The minimum Gasteiger partial charge on any atom is -0.508 e. The van der Waals surface area contributed by atoms with Crippen LogP contribution in [0.4, 0.5) is 18.0 Å². The van der Waals surface area contributed by atoms with Gasteiger partial charge in [-0.25, -0.2) is 9.59 Å². The van der Waals surface area contributed by atoms with E-state index in [1.54, 1.807) is 29.6 Å². The van der Waals surface area contributed by atoms with Crippen LogP contribution in [-0.2, 0) is 9.53 Å². The third-order valence-corrected chi connectivity index (χ3v) is 3.36. The number of nitrogens with one attached hydrogen (secondary N) is 2. The molecule has 0 radical (unpaired) electrons. The largest absolute Gasteiger partial charge is 0.508 e. The van der Waals surface area contributed by atoms with Crippen LogP contribution in [-0.4, -0.2) is 42.3 Å². The number of benzene rings is 2. The number of alkyl halides is 3. The zero-order valence-corrected chi connectivity index (χ0v) is 14.2. The van der Waals surface area contributed by atoms with Crippen molar-refractivity contribution in [3.8, 4) is 16.9 Å².